The van der Waals surface area contributed by atoms with Crippen LogP contribution in [0.25, 0.3) is 0 Å². The van der Waals surface area contributed by atoms with Crippen molar-refractivity contribution in [2.75, 3.05) is 20.3 Å². The lowest BCUT2D eigenvalue weighted by Crippen LogP contribution is -2.30. The van der Waals surface area contributed by atoms with E-state index < -0.39 is 0 Å². The Bertz CT molecular complexity index is 48.5. The molecule has 0 amide bonds. The summed E-state index contributed by atoms with van der Waals surface area (Å²) in [6.07, 6.45) is 0. The summed E-state index contributed by atoms with van der Waals surface area (Å²) in [7, 11) is 1.92. The van der Waals surface area contributed by atoms with Gasteiger partial charge in [0, 0.05) is 6.04 Å². The molecular formula is C6H14FN. The summed E-state index contributed by atoms with van der Waals surface area (Å²) in [5.41, 5.74) is 0. The van der Waals surface area contributed by atoms with Crippen LogP contribution in [-0.4, -0.2) is 31.2 Å². The third kappa shape index (κ3) is 2.26. The summed E-state index contributed by atoms with van der Waals surface area (Å²) in [4.78, 5) is 1.97. The number of hydrogen-bond donors (Lipinski definition) is 0. The smallest absolute Gasteiger partial charge is 0.105 e. The lowest BCUT2D eigenvalue weighted by molar-refractivity contribution is 0.226. The number of hydrogen-bond acceptors (Lipinski definition) is 1. The molecule has 0 aliphatic carbocycles. The van der Waals surface area contributed by atoms with E-state index in [0.717, 1.165) is 6.54 Å². The zero-order valence-electron chi connectivity index (χ0n) is 5.82. The van der Waals surface area contributed by atoms with Crippen molar-refractivity contribution in [3.05, 3.63) is 0 Å². The molecule has 1 unspecified atom stereocenters. The number of nitrogens with zero attached hydrogens (tertiary/aromatic N) is 1. The van der Waals surface area contributed by atoms with Gasteiger partial charge in [-0.2, -0.15) is 0 Å². The summed E-state index contributed by atoms with van der Waals surface area (Å²) in [5, 5.41) is 0. The van der Waals surface area contributed by atoms with E-state index in [9.17, 15) is 4.39 Å². The van der Waals surface area contributed by atoms with E-state index in [2.05, 4.69) is 0 Å². The first-order valence-electron chi connectivity index (χ1n) is 2.98. The van der Waals surface area contributed by atoms with Crippen LogP contribution in [0.1, 0.15) is 13.8 Å². The van der Waals surface area contributed by atoms with Crippen LogP contribution < -0.4 is 0 Å². The topological polar surface area (TPSA) is 3.24 Å². The lowest BCUT2D eigenvalue weighted by atomic mass is 10.3. The minimum atomic E-state index is -0.246. The van der Waals surface area contributed by atoms with Gasteiger partial charge in [-0.05, 0) is 20.5 Å². The Hall–Kier alpha value is -0.110. The highest BCUT2D eigenvalue weighted by atomic mass is 19.1. The summed E-state index contributed by atoms with van der Waals surface area (Å²) in [6, 6.07) is 0.0833. The average molecular weight is 119 g/mol. The van der Waals surface area contributed by atoms with Crippen LogP contribution in [0.5, 0.6) is 0 Å². The number of alkyl halides is 1. The molecule has 0 aliphatic rings. The van der Waals surface area contributed by atoms with E-state index in [1.54, 1.807) is 0 Å². The second-order valence-electron chi connectivity index (χ2n) is 2.08. The molecule has 0 heterocycles. The van der Waals surface area contributed by atoms with Crippen molar-refractivity contribution in [3.8, 4) is 0 Å². The van der Waals surface area contributed by atoms with Gasteiger partial charge in [0.1, 0.15) is 6.67 Å². The number of halogens is 1. The van der Waals surface area contributed by atoms with Crippen LogP contribution in [0.2, 0.25) is 0 Å². The molecule has 2 heteroatoms. The van der Waals surface area contributed by atoms with Crippen molar-refractivity contribution in [2.24, 2.45) is 0 Å². The molecule has 0 aliphatic heterocycles. The molecule has 0 radical (unpaired) electrons. The predicted octanol–water partition coefficient (Wildman–Crippen LogP) is 1.30. The summed E-state index contributed by atoms with van der Waals surface area (Å²) < 4.78 is 11.8. The zero-order valence-corrected chi connectivity index (χ0v) is 5.82. The Labute approximate surface area is 50.5 Å². The Morgan fingerprint density at radius 1 is 1.62 bits per heavy atom. The van der Waals surface area contributed by atoms with Gasteiger partial charge in [0.25, 0.3) is 0 Å². The van der Waals surface area contributed by atoms with Gasteiger partial charge in [-0.3, -0.25) is 0 Å². The molecule has 0 aromatic heterocycles. The molecule has 0 saturated carbocycles. The van der Waals surface area contributed by atoms with Gasteiger partial charge in [-0.15, -0.1) is 0 Å². The van der Waals surface area contributed by atoms with Crippen LogP contribution in [0, 0.1) is 0 Å². The fraction of sp³-hybridized carbons (Fsp3) is 1.00. The molecule has 1 atom stereocenters. The van der Waals surface area contributed by atoms with Crippen LogP contribution in [0.4, 0.5) is 4.39 Å². The first kappa shape index (κ1) is 7.89. The van der Waals surface area contributed by atoms with Gasteiger partial charge in [0.05, 0.1) is 0 Å². The van der Waals surface area contributed by atoms with Gasteiger partial charge in [-0.1, -0.05) is 6.92 Å². The van der Waals surface area contributed by atoms with Gasteiger partial charge in [0.15, 0.2) is 0 Å². The maximum atomic E-state index is 11.8. The van der Waals surface area contributed by atoms with E-state index in [1.807, 2.05) is 25.8 Å². The van der Waals surface area contributed by atoms with E-state index >= 15 is 0 Å². The van der Waals surface area contributed by atoms with Crippen molar-refractivity contribution < 1.29 is 4.39 Å². The second kappa shape index (κ2) is 3.84. The summed E-state index contributed by atoms with van der Waals surface area (Å²) in [5.74, 6) is 0. The first-order valence-corrected chi connectivity index (χ1v) is 2.98. The first-order chi connectivity index (χ1) is 3.72. The van der Waals surface area contributed by atoms with Gasteiger partial charge in [-0.25, -0.2) is 4.39 Å². The molecule has 0 aromatic rings. The largest absolute Gasteiger partial charge is 0.301 e. The van der Waals surface area contributed by atoms with Gasteiger partial charge >= 0.3 is 0 Å². The van der Waals surface area contributed by atoms with Crippen molar-refractivity contribution in [1.29, 1.82) is 0 Å². The zero-order chi connectivity index (χ0) is 6.57. The Balaban J connectivity index is 3.29. The second-order valence-corrected chi connectivity index (χ2v) is 2.08. The predicted molar refractivity (Wildman–Crippen MR) is 33.7 cm³/mol. The Morgan fingerprint density at radius 2 is 2.12 bits per heavy atom. The number of rotatable bonds is 3. The minimum absolute atomic E-state index is 0.0833. The van der Waals surface area contributed by atoms with E-state index in [-0.39, 0.29) is 12.7 Å². The molecule has 0 rings (SSSR count). The third-order valence-corrected chi connectivity index (χ3v) is 1.47. The fourth-order valence-electron chi connectivity index (χ4n) is 0.429. The standard InChI is InChI=1S/C6H14FN/c1-4-8(3)6(2)5-7/h6H,4-5H2,1-3H3. The van der Waals surface area contributed by atoms with Crippen molar-refractivity contribution >= 4 is 0 Å². The maximum Gasteiger partial charge on any atom is 0.105 e. The van der Waals surface area contributed by atoms with Crippen molar-refractivity contribution in [1.82, 2.24) is 4.90 Å². The molecule has 0 fully saturated rings. The molecule has 0 saturated heterocycles. The highest BCUT2D eigenvalue weighted by Crippen LogP contribution is 1.93. The van der Waals surface area contributed by atoms with Crippen LogP contribution in [-0.2, 0) is 0 Å². The minimum Gasteiger partial charge on any atom is -0.301 e. The molecule has 0 spiro atoms. The van der Waals surface area contributed by atoms with Gasteiger partial charge in [0.2, 0.25) is 0 Å². The maximum absolute atomic E-state index is 11.8. The average Bonchev–Trinajstić information content (AvgIpc) is 1.84. The molecule has 50 valence electrons. The highest BCUT2D eigenvalue weighted by Gasteiger charge is 2.03. The monoisotopic (exact) mass is 119 g/mol. The summed E-state index contributed by atoms with van der Waals surface area (Å²) >= 11 is 0. The Morgan fingerprint density at radius 3 is 2.25 bits per heavy atom. The normalized spacial score (nSPS) is 14.6. The molecule has 0 aromatic carbocycles. The summed E-state index contributed by atoms with van der Waals surface area (Å²) in [6.45, 7) is 4.57. The lowest BCUT2D eigenvalue weighted by Gasteiger charge is -2.18. The van der Waals surface area contributed by atoms with E-state index in [4.69, 9.17) is 0 Å². The van der Waals surface area contributed by atoms with Crippen LogP contribution >= 0.6 is 0 Å². The quantitative estimate of drug-likeness (QED) is 0.541. The SMILES string of the molecule is CCN(C)C(C)CF. The Kier molecular flexibility index (Phi) is 3.79. The molecular weight excluding hydrogens is 105 g/mol. The van der Waals surface area contributed by atoms with Crippen molar-refractivity contribution in [3.63, 3.8) is 0 Å². The van der Waals surface area contributed by atoms with E-state index in [1.165, 1.54) is 0 Å². The van der Waals surface area contributed by atoms with Crippen LogP contribution in [0.3, 0.4) is 0 Å². The van der Waals surface area contributed by atoms with E-state index in [0.29, 0.717) is 0 Å². The third-order valence-electron chi connectivity index (χ3n) is 1.47. The highest BCUT2D eigenvalue weighted by molar-refractivity contribution is 4.57. The van der Waals surface area contributed by atoms with Gasteiger partial charge < -0.3 is 4.90 Å². The molecule has 1 nitrogen and oxygen atoms in total. The molecule has 0 N–H and O–H groups in total. The fourth-order valence-corrected chi connectivity index (χ4v) is 0.429. The molecule has 8 heavy (non-hydrogen) atoms. The van der Waals surface area contributed by atoms with Crippen molar-refractivity contribution in [2.45, 2.75) is 19.9 Å². The van der Waals surface area contributed by atoms with Crippen LogP contribution in [0.15, 0.2) is 0 Å². The molecule has 0 bridgehead atoms.